The molecule has 1 radical (unpaired) electrons. The van der Waals surface area contributed by atoms with Gasteiger partial charge in [0, 0.05) is 92.5 Å². The molecule has 6 aromatic carbocycles. The fraction of sp³-hybridized carbons (Fsp3) is 0.211. The summed E-state index contributed by atoms with van der Waals surface area (Å²) < 4.78 is 2.51. The molecule has 7 heteroatoms. The maximum atomic E-state index is 10.2. The topological polar surface area (TPSA) is 56.0 Å². The number of nitrogens with one attached hydrogen (secondary N) is 1. The fourth-order valence-electron chi connectivity index (χ4n) is 9.47. The molecule has 0 bridgehead atoms. The van der Waals surface area contributed by atoms with Crippen molar-refractivity contribution in [1.29, 1.82) is 0 Å². The van der Waals surface area contributed by atoms with Crippen LogP contribution in [0.15, 0.2) is 169 Å². The van der Waals surface area contributed by atoms with Gasteiger partial charge in [-0.15, -0.1) is 0 Å². The molecule has 2 unspecified atom stereocenters. The van der Waals surface area contributed by atoms with Gasteiger partial charge in [0.05, 0.1) is 22.6 Å². The molecular formula is C57H59N5OY. The molecule has 2 atom stereocenters. The van der Waals surface area contributed by atoms with Crippen LogP contribution < -0.4 is 15.3 Å². The van der Waals surface area contributed by atoms with E-state index >= 15 is 0 Å². The first-order valence-electron chi connectivity index (χ1n) is 22.4. The Labute approximate surface area is 405 Å². The summed E-state index contributed by atoms with van der Waals surface area (Å²) in [6.07, 6.45) is 16.6. The number of hydrogen-bond donors (Lipinski definition) is 2. The second-order valence-electron chi connectivity index (χ2n) is 16.2. The number of fused-ring (bicyclic) bond motifs is 6. The van der Waals surface area contributed by atoms with Crippen LogP contribution in [0.2, 0.25) is 0 Å². The average molecular weight is 919 g/mol. The van der Waals surface area contributed by atoms with E-state index in [2.05, 4.69) is 173 Å². The van der Waals surface area contributed by atoms with Crippen molar-refractivity contribution in [2.45, 2.75) is 64.8 Å². The molecule has 6 nitrogen and oxygen atoms in total. The Morgan fingerprint density at radius 3 is 2.28 bits per heavy atom. The first-order chi connectivity index (χ1) is 30.9. The Kier molecular flexibility index (Phi) is 15.4. The number of anilines is 4. The van der Waals surface area contributed by atoms with Gasteiger partial charge in [0.2, 0.25) is 0 Å². The van der Waals surface area contributed by atoms with Gasteiger partial charge in [-0.3, -0.25) is 15.3 Å². The van der Waals surface area contributed by atoms with E-state index in [-0.39, 0.29) is 32.7 Å². The fourth-order valence-corrected chi connectivity index (χ4v) is 9.47. The molecule has 321 valence electrons. The van der Waals surface area contributed by atoms with Crippen molar-refractivity contribution in [3.8, 4) is 16.8 Å². The summed E-state index contributed by atoms with van der Waals surface area (Å²) in [7, 11) is 3.49. The Morgan fingerprint density at radius 1 is 0.828 bits per heavy atom. The van der Waals surface area contributed by atoms with Crippen molar-refractivity contribution in [2.75, 3.05) is 29.4 Å². The van der Waals surface area contributed by atoms with Gasteiger partial charge in [0.25, 0.3) is 0 Å². The Morgan fingerprint density at radius 2 is 1.55 bits per heavy atom. The molecule has 7 aromatic rings. The number of allylic oxidation sites excluding steroid dienone is 3. The molecule has 64 heavy (non-hydrogen) atoms. The van der Waals surface area contributed by atoms with Crippen LogP contribution in [0.1, 0.15) is 72.5 Å². The van der Waals surface area contributed by atoms with E-state index in [9.17, 15) is 5.21 Å². The smallest absolute Gasteiger partial charge is 0.0868 e. The summed E-state index contributed by atoms with van der Waals surface area (Å²) >= 11 is 0. The molecule has 2 heterocycles. The molecule has 0 saturated heterocycles. The van der Waals surface area contributed by atoms with Crippen LogP contribution in [-0.2, 0) is 45.6 Å². The third kappa shape index (κ3) is 9.51. The second-order valence-corrected chi connectivity index (χ2v) is 16.2. The van der Waals surface area contributed by atoms with Gasteiger partial charge in [0.1, 0.15) is 0 Å². The molecule has 1 aromatic heterocycles. The van der Waals surface area contributed by atoms with Crippen LogP contribution in [0.5, 0.6) is 0 Å². The van der Waals surface area contributed by atoms with Gasteiger partial charge >= 0.3 is 0 Å². The second kappa shape index (κ2) is 21.3. The zero-order valence-corrected chi connectivity index (χ0v) is 40.7. The van der Waals surface area contributed by atoms with Crippen LogP contribution in [0.4, 0.5) is 22.7 Å². The van der Waals surface area contributed by atoms with E-state index in [0.29, 0.717) is 24.1 Å². The van der Waals surface area contributed by atoms with Crippen molar-refractivity contribution in [2.24, 2.45) is 4.99 Å². The first-order valence-corrected chi connectivity index (χ1v) is 22.4. The minimum absolute atomic E-state index is 0. The predicted molar refractivity (Wildman–Crippen MR) is 269 cm³/mol. The molecule has 3 aliphatic rings. The molecule has 2 N–H and O–H groups in total. The Balaban J connectivity index is 0.000000555. The number of para-hydroxylation sites is 2. The van der Waals surface area contributed by atoms with Gasteiger partial charge in [0.15, 0.2) is 0 Å². The third-order valence-corrected chi connectivity index (χ3v) is 12.4. The van der Waals surface area contributed by atoms with Crippen LogP contribution in [0.25, 0.3) is 39.5 Å². The Bertz CT molecular complexity index is 2800. The van der Waals surface area contributed by atoms with Crippen LogP contribution in [0, 0.1) is 6.92 Å². The molecule has 0 saturated carbocycles. The molecule has 0 fully saturated rings. The van der Waals surface area contributed by atoms with Gasteiger partial charge in [-0.1, -0.05) is 147 Å². The van der Waals surface area contributed by atoms with E-state index in [0.717, 1.165) is 58.8 Å². The summed E-state index contributed by atoms with van der Waals surface area (Å²) in [5.74, 6) is 0.393. The number of nitrogens with zero attached hydrogens (tertiary/aromatic N) is 4. The van der Waals surface area contributed by atoms with Crippen molar-refractivity contribution >= 4 is 52.1 Å². The first kappa shape index (κ1) is 46.2. The Hall–Kier alpha value is -5.79. The molecular weight excluding hydrogens is 860 g/mol. The third-order valence-electron chi connectivity index (χ3n) is 12.4. The standard InChI is InChI=1S/C48H45N5O.C7H8.C2H6.Y/c1-49-42(34-23-21-33(22-24-34)35-25-27-43(50-2)48(30-35)51(3)54)26-20-32-28-36(52-44-16-8-4-12-38(44)39-13-5-9-17-45(39)52)31-37(29-32)53-46-18-10-6-14-40(46)41-15-7-11-19-47(41)53;1-7-5-3-2-4-6-7;1-2;/h4-8,10,12-16,18,21-31,39,45,50,54H,1,9,11,17,19-20H2,2-3H3;2-6H,1H3;1-2H3;/b42-26-;;;. The molecule has 0 spiro atoms. The number of aliphatic imine (C=N–C) groups is 1. The molecule has 10 rings (SSSR count). The van der Waals surface area contributed by atoms with E-state index in [1.807, 2.05) is 51.2 Å². The molecule has 2 aliphatic carbocycles. The van der Waals surface area contributed by atoms with Crippen molar-refractivity contribution in [1.82, 2.24) is 4.57 Å². The number of benzene rings is 6. The molecule has 1 aliphatic heterocycles. The van der Waals surface area contributed by atoms with E-state index in [1.54, 1.807) is 7.05 Å². The zero-order chi connectivity index (χ0) is 43.9. The number of rotatable bonds is 9. The number of aromatic nitrogens is 1. The van der Waals surface area contributed by atoms with Crippen LogP contribution >= 0.6 is 0 Å². The zero-order valence-electron chi connectivity index (χ0n) is 37.9. The maximum Gasteiger partial charge on any atom is 0.0868 e. The van der Waals surface area contributed by atoms with Gasteiger partial charge in [-0.25, -0.2) is 0 Å². The van der Waals surface area contributed by atoms with Crippen molar-refractivity contribution < 1.29 is 37.9 Å². The predicted octanol–water partition coefficient (Wildman–Crippen LogP) is 14.4. The minimum atomic E-state index is 0. The largest absolute Gasteiger partial charge is 0.386 e. The van der Waals surface area contributed by atoms with Gasteiger partial charge < -0.3 is 14.8 Å². The van der Waals surface area contributed by atoms with Crippen molar-refractivity contribution in [3.05, 3.63) is 197 Å². The number of hydrogen-bond acceptors (Lipinski definition) is 5. The summed E-state index contributed by atoms with van der Waals surface area (Å²) in [5.41, 5.74) is 17.2. The minimum Gasteiger partial charge on any atom is -0.386 e. The summed E-state index contributed by atoms with van der Waals surface area (Å²) in [6, 6.07) is 50.1. The van der Waals surface area contributed by atoms with Crippen LogP contribution in [0.3, 0.4) is 0 Å². The monoisotopic (exact) mass is 918 g/mol. The maximum absolute atomic E-state index is 10.2. The quantitative estimate of drug-likeness (QED) is 0.0861. The summed E-state index contributed by atoms with van der Waals surface area (Å²) in [5, 5.41) is 15.8. The summed E-state index contributed by atoms with van der Waals surface area (Å²) in [4.78, 5) is 7.14. The number of aryl methyl sites for hydroxylation is 1. The van der Waals surface area contributed by atoms with Gasteiger partial charge in [-0.2, -0.15) is 0 Å². The van der Waals surface area contributed by atoms with E-state index < -0.39 is 0 Å². The van der Waals surface area contributed by atoms with Crippen LogP contribution in [-0.4, -0.2) is 36.6 Å². The van der Waals surface area contributed by atoms with E-state index in [4.69, 9.17) is 0 Å². The normalized spacial score (nSPS) is 15.7. The summed E-state index contributed by atoms with van der Waals surface area (Å²) in [6.45, 7) is 10.1. The number of hydroxylamine groups is 1. The molecule has 0 amide bonds. The SMILES string of the molecule is C=N/C(=C\Cc1cc(N2c3ccccc3C3C=CCCC32)cc(-n2c3c(c4ccccc42)C=CCC3)c1)c1ccc(-c2ccc(NC)c(N(C)O)c2)cc1.CC.Cc1ccccc1.[Y]. The van der Waals surface area contributed by atoms with E-state index in [1.165, 1.54) is 55.9 Å². The average Bonchev–Trinajstić information content (AvgIpc) is 3.86. The van der Waals surface area contributed by atoms with Crippen molar-refractivity contribution in [3.63, 3.8) is 0 Å². The van der Waals surface area contributed by atoms with Gasteiger partial charge in [-0.05, 0) is 116 Å².